The summed E-state index contributed by atoms with van der Waals surface area (Å²) in [6, 6.07) is 24.9. The summed E-state index contributed by atoms with van der Waals surface area (Å²) in [4.78, 5) is 42.9. The molecule has 1 heterocycles. The number of hydrogen-bond donors (Lipinski definition) is 3. The van der Waals surface area contributed by atoms with Crippen LogP contribution in [-0.2, 0) is 39.1 Å². The largest absolute Gasteiger partial charge is 0.493 e. The molecule has 0 aliphatic heterocycles. The molecule has 1 fully saturated rings. The molecule has 1 unspecified atom stereocenters. The highest BCUT2D eigenvalue weighted by atomic mass is 35.5. The van der Waals surface area contributed by atoms with Crippen molar-refractivity contribution in [1.29, 1.82) is 0 Å². The summed E-state index contributed by atoms with van der Waals surface area (Å²) in [5, 5.41) is 17.4. The molecule has 0 saturated heterocycles. The maximum Gasteiger partial charge on any atom is 0.329 e. The number of carbonyl (C=O) groups is 3. The quantitative estimate of drug-likeness (QED) is 0.103. The normalized spacial score (nSPS) is 22.9. The van der Waals surface area contributed by atoms with E-state index in [1.54, 1.807) is 12.1 Å². The van der Waals surface area contributed by atoms with Crippen LogP contribution in [0.1, 0.15) is 99.1 Å². The number of aliphatic carboxylic acids is 1. The van der Waals surface area contributed by atoms with E-state index in [2.05, 4.69) is 41.6 Å². The van der Waals surface area contributed by atoms with Crippen LogP contribution >= 0.6 is 11.6 Å². The van der Waals surface area contributed by atoms with Gasteiger partial charge in [-0.25, -0.2) is 4.79 Å². The number of carboxylic acid groups (broad SMARTS) is 1. The van der Waals surface area contributed by atoms with Crippen LogP contribution < -0.4 is 20.1 Å². The second-order valence-electron chi connectivity index (χ2n) is 16.6. The lowest BCUT2D eigenvalue weighted by molar-refractivity contribution is -0.144. The van der Waals surface area contributed by atoms with Crippen molar-refractivity contribution in [3.63, 3.8) is 0 Å². The topological polar surface area (TPSA) is 127 Å². The minimum absolute atomic E-state index is 0.0961. The lowest BCUT2D eigenvalue weighted by atomic mass is 9.59. The van der Waals surface area contributed by atoms with E-state index in [1.807, 2.05) is 60.8 Å². The summed E-state index contributed by atoms with van der Waals surface area (Å²) in [5.41, 5.74) is 5.06. The van der Waals surface area contributed by atoms with E-state index in [4.69, 9.17) is 21.1 Å². The molecule has 57 heavy (non-hydrogen) atoms. The van der Waals surface area contributed by atoms with Gasteiger partial charge in [0.2, 0.25) is 5.91 Å². The number of carboxylic acids is 1. The molecule has 4 aromatic rings. The van der Waals surface area contributed by atoms with Crippen molar-refractivity contribution >= 4 is 34.9 Å². The number of carbonyl (C=O) groups excluding carboxylic acids is 2. The van der Waals surface area contributed by atoms with Crippen molar-refractivity contribution in [2.75, 3.05) is 25.1 Å². The van der Waals surface area contributed by atoms with Crippen molar-refractivity contribution in [3.05, 3.63) is 118 Å². The summed E-state index contributed by atoms with van der Waals surface area (Å²) < 4.78 is 12.7. The van der Waals surface area contributed by atoms with Crippen LogP contribution in [0.4, 0.5) is 5.69 Å². The number of Topliss-reactive ketones (excluding diaryl/α,β-unsaturated/α-hetero) is 1. The number of halogens is 1. The van der Waals surface area contributed by atoms with Crippen molar-refractivity contribution in [1.82, 2.24) is 10.3 Å². The fourth-order valence-corrected chi connectivity index (χ4v) is 9.78. The third-order valence-corrected chi connectivity index (χ3v) is 12.8. The molecule has 1 amide bonds. The number of rotatable bonds is 16. The lowest BCUT2D eigenvalue weighted by Gasteiger charge is -2.47. The summed E-state index contributed by atoms with van der Waals surface area (Å²) in [7, 11) is 0. The first-order valence-electron chi connectivity index (χ1n) is 20.5. The van der Waals surface area contributed by atoms with Crippen LogP contribution in [0.15, 0.2) is 85.1 Å². The highest BCUT2D eigenvalue weighted by Crippen LogP contribution is 2.57. The van der Waals surface area contributed by atoms with Gasteiger partial charge in [0.25, 0.3) is 0 Å². The number of hydrogen-bond acceptors (Lipinski definition) is 7. The number of pyridine rings is 1. The van der Waals surface area contributed by atoms with Crippen LogP contribution in [0.5, 0.6) is 11.5 Å². The summed E-state index contributed by atoms with van der Waals surface area (Å²) >= 11 is 6.29. The van der Waals surface area contributed by atoms with Gasteiger partial charge in [-0.2, -0.15) is 0 Å². The second kappa shape index (κ2) is 17.7. The monoisotopic (exact) mass is 791 g/mol. The standard InChI is InChI=1S/C47H54ClN3O6/c1-31(29-57-42-17-23-49-41-13-6-8-32(2)44(41)42)24-35-26-34-14-15-39(56-30-38(52)16-22-50-43(53)25-33-9-4-3-5-10-33)28-40(34)46(35)18-20-47(21-19-46,45(54)55)51-37-12-7-11-36(48)27-37/h3-5,7,9-12,14-15,17,23,27-28,31-32,35,51H,6,8,13,16,18-22,24-26,29-30H2,1-2H3,(H,50,53)(H,54,55)/t31-,32-,35?,46?,47?/m1/s1. The average molecular weight is 792 g/mol. The average Bonchev–Trinajstić information content (AvgIpc) is 3.48. The Morgan fingerprint density at radius 2 is 1.79 bits per heavy atom. The number of anilines is 1. The number of aromatic nitrogens is 1. The molecule has 3 atom stereocenters. The number of ketones is 1. The predicted molar refractivity (Wildman–Crippen MR) is 222 cm³/mol. The first-order chi connectivity index (χ1) is 27.5. The Hall–Kier alpha value is -4.89. The molecule has 1 aromatic heterocycles. The molecule has 300 valence electrons. The number of amides is 1. The van der Waals surface area contributed by atoms with Gasteiger partial charge < -0.3 is 25.2 Å². The maximum absolute atomic E-state index is 13.0. The van der Waals surface area contributed by atoms with Crippen LogP contribution in [0.3, 0.4) is 0 Å². The summed E-state index contributed by atoms with van der Waals surface area (Å²) in [6.45, 7) is 5.26. The number of nitrogens with one attached hydrogen (secondary N) is 2. The Labute approximate surface area is 340 Å². The van der Waals surface area contributed by atoms with Crippen LogP contribution in [-0.4, -0.2) is 53.0 Å². The minimum atomic E-state index is -1.13. The van der Waals surface area contributed by atoms with E-state index in [9.17, 15) is 19.5 Å². The molecule has 3 aliphatic carbocycles. The van der Waals surface area contributed by atoms with Crippen molar-refractivity contribution in [3.8, 4) is 11.5 Å². The van der Waals surface area contributed by atoms with Gasteiger partial charge in [-0.3, -0.25) is 14.6 Å². The third-order valence-electron chi connectivity index (χ3n) is 12.6. The molecule has 9 nitrogen and oxygen atoms in total. The zero-order valence-corrected chi connectivity index (χ0v) is 33.8. The first-order valence-corrected chi connectivity index (χ1v) is 20.9. The van der Waals surface area contributed by atoms with Crippen molar-refractivity contribution in [2.24, 2.45) is 11.8 Å². The van der Waals surface area contributed by atoms with Crippen molar-refractivity contribution < 1.29 is 29.0 Å². The van der Waals surface area contributed by atoms with E-state index in [0.717, 1.165) is 49.1 Å². The molecule has 1 spiro atoms. The lowest BCUT2D eigenvalue weighted by Crippen LogP contribution is -2.53. The minimum Gasteiger partial charge on any atom is -0.493 e. The van der Waals surface area contributed by atoms with E-state index in [-0.39, 0.29) is 54.9 Å². The molecule has 3 aromatic carbocycles. The number of ether oxygens (including phenoxy) is 2. The predicted octanol–water partition coefficient (Wildman–Crippen LogP) is 8.90. The first kappa shape index (κ1) is 40.3. The van der Waals surface area contributed by atoms with Gasteiger partial charge in [-0.05, 0) is 134 Å². The smallest absolute Gasteiger partial charge is 0.329 e. The van der Waals surface area contributed by atoms with Crippen LogP contribution in [0, 0.1) is 11.8 Å². The second-order valence-corrected chi connectivity index (χ2v) is 17.0. The molecule has 0 bridgehead atoms. The SMILES string of the molecule is C[C@@H](COc1ccnc2c1[C@H](C)CCC2)CC1Cc2ccc(OCC(=O)CCNC(=O)Cc3ccccc3)cc2C12CCC(Nc1cccc(Cl)c1)(C(=O)O)CC2. The molecule has 0 radical (unpaired) electrons. The molecular formula is C47H54ClN3O6. The van der Waals surface area contributed by atoms with Gasteiger partial charge in [0.1, 0.15) is 23.6 Å². The molecule has 3 aliphatic rings. The Balaban J connectivity index is 1.04. The summed E-state index contributed by atoms with van der Waals surface area (Å²) in [6.07, 6.45) is 9.64. The van der Waals surface area contributed by atoms with Gasteiger partial charge in [0.05, 0.1) is 13.0 Å². The number of benzene rings is 3. The molecule has 7 rings (SSSR count). The highest BCUT2D eigenvalue weighted by Gasteiger charge is 2.54. The highest BCUT2D eigenvalue weighted by molar-refractivity contribution is 6.30. The van der Waals surface area contributed by atoms with Gasteiger partial charge in [0, 0.05) is 41.1 Å². The molecule has 10 heteroatoms. The number of fused-ring (bicyclic) bond motifs is 3. The fraction of sp³-hybridized carbons (Fsp3) is 0.447. The van der Waals surface area contributed by atoms with E-state index >= 15 is 0 Å². The Bertz CT molecular complexity index is 2060. The fourth-order valence-electron chi connectivity index (χ4n) is 9.59. The van der Waals surface area contributed by atoms with Crippen LogP contribution in [0.25, 0.3) is 0 Å². The van der Waals surface area contributed by atoms with Crippen LogP contribution in [0.2, 0.25) is 5.02 Å². The Morgan fingerprint density at radius 1 is 0.982 bits per heavy atom. The van der Waals surface area contributed by atoms with E-state index in [0.29, 0.717) is 54.7 Å². The zero-order valence-electron chi connectivity index (χ0n) is 33.0. The van der Waals surface area contributed by atoms with Gasteiger partial charge in [-0.1, -0.05) is 67.9 Å². The maximum atomic E-state index is 13.0. The Kier molecular flexibility index (Phi) is 12.5. The van der Waals surface area contributed by atoms with Crippen molar-refractivity contribution in [2.45, 2.75) is 101 Å². The number of nitrogens with zero attached hydrogens (tertiary/aromatic N) is 1. The van der Waals surface area contributed by atoms with Gasteiger partial charge >= 0.3 is 5.97 Å². The molecule has 1 saturated carbocycles. The zero-order chi connectivity index (χ0) is 40.0. The third kappa shape index (κ3) is 9.30. The summed E-state index contributed by atoms with van der Waals surface area (Å²) in [5.74, 6) is 1.43. The number of aryl methyl sites for hydroxylation is 1. The molecule has 3 N–H and O–H groups in total. The van der Waals surface area contributed by atoms with E-state index < -0.39 is 11.5 Å². The van der Waals surface area contributed by atoms with Gasteiger partial charge in [-0.15, -0.1) is 0 Å². The molecular weight excluding hydrogens is 738 g/mol. The van der Waals surface area contributed by atoms with Gasteiger partial charge in [0.15, 0.2) is 5.78 Å². The Morgan fingerprint density at radius 3 is 2.56 bits per heavy atom. The van der Waals surface area contributed by atoms with E-state index in [1.165, 1.54) is 16.7 Å².